The molecule has 0 aliphatic carbocycles. The van der Waals surface area contributed by atoms with Gasteiger partial charge in [0.1, 0.15) is 0 Å². The number of ether oxygens (including phenoxy) is 2. The monoisotopic (exact) mass is 366 g/mol. The second-order valence-electron chi connectivity index (χ2n) is 5.51. The maximum absolute atomic E-state index is 10.6. The molecule has 1 aliphatic heterocycles. The van der Waals surface area contributed by atoms with Gasteiger partial charge in [-0.25, -0.2) is 0 Å². The van der Waals surface area contributed by atoms with E-state index in [0.29, 0.717) is 6.61 Å². The second-order valence-corrected chi connectivity index (χ2v) is 8.15. The number of unbranched alkanes of at least 4 members (excludes halogenated alkanes) is 1. The number of aliphatic hydroxyl groups is 1. The van der Waals surface area contributed by atoms with Crippen molar-refractivity contribution in [3.8, 4) is 0 Å². The van der Waals surface area contributed by atoms with Gasteiger partial charge in [-0.1, -0.05) is 0 Å². The van der Waals surface area contributed by atoms with Crippen molar-refractivity contribution in [1.82, 2.24) is 0 Å². The van der Waals surface area contributed by atoms with E-state index in [9.17, 15) is 5.11 Å². The average Bonchev–Trinajstić information content (AvgIpc) is 2.75. The van der Waals surface area contributed by atoms with Crippen molar-refractivity contribution in [2.45, 2.75) is 58.0 Å². The molecule has 0 amide bonds. The van der Waals surface area contributed by atoms with Crippen molar-refractivity contribution < 1.29 is 14.6 Å². The molecule has 0 aromatic heterocycles. The molecule has 0 aromatic carbocycles. The zero-order valence-electron chi connectivity index (χ0n) is 12.6. The van der Waals surface area contributed by atoms with Crippen molar-refractivity contribution in [1.29, 1.82) is 0 Å². The van der Waals surface area contributed by atoms with E-state index in [1.165, 1.54) is 12.8 Å². The normalized spacial score (nSPS) is 24.3. The van der Waals surface area contributed by atoms with E-state index in [0.717, 1.165) is 15.9 Å². The fourth-order valence-electron chi connectivity index (χ4n) is 2.12. The summed E-state index contributed by atoms with van der Waals surface area (Å²) in [7, 11) is 0. The molecule has 0 saturated carbocycles. The molecule has 2 unspecified atom stereocenters. The third kappa shape index (κ3) is 5.63. The zero-order chi connectivity index (χ0) is 15.2. The minimum absolute atomic E-state index is 0.0249. The van der Waals surface area contributed by atoms with Crippen LogP contribution in [0.15, 0.2) is 12.7 Å². The summed E-state index contributed by atoms with van der Waals surface area (Å²) >= 11 is 4.91. The summed E-state index contributed by atoms with van der Waals surface area (Å²) in [6, 6.07) is 0. The van der Waals surface area contributed by atoms with Gasteiger partial charge in [0.2, 0.25) is 0 Å². The predicted octanol–water partition coefficient (Wildman–Crippen LogP) is 2.52. The Hall–Kier alpha value is 0.359. The number of hydrogen-bond donors (Lipinski definition) is 1. The van der Waals surface area contributed by atoms with Gasteiger partial charge in [-0.15, -0.1) is 0 Å². The Morgan fingerprint density at radius 2 is 2.30 bits per heavy atom. The van der Waals surface area contributed by atoms with Crippen LogP contribution in [-0.4, -0.2) is 54.8 Å². The Balaban J connectivity index is 2.60. The quantitative estimate of drug-likeness (QED) is 0.387. The van der Waals surface area contributed by atoms with Crippen LogP contribution in [0.4, 0.5) is 0 Å². The summed E-state index contributed by atoms with van der Waals surface area (Å²) < 4.78 is 12.5. The summed E-state index contributed by atoms with van der Waals surface area (Å²) in [5.74, 6) is 0.501. The van der Waals surface area contributed by atoms with Crippen LogP contribution in [0.1, 0.15) is 40.0 Å². The molecule has 5 heteroatoms. The summed E-state index contributed by atoms with van der Waals surface area (Å²) in [4.78, 5) is 0. The molecule has 1 saturated heterocycles. The van der Waals surface area contributed by atoms with Gasteiger partial charge in [0, 0.05) is 0 Å². The van der Waals surface area contributed by atoms with Crippen LogP contribution in [0, 0.1) is 5.92 Å². The molecule has 3 atom stereocenters. The third-order valence-corrected chi connectivity index (χ3v) is 5.75. The minimum atomic E-state index is -0.600. The predicted molar refractivity (Wildman–Crippen MR) is 87.3 cm³/mol. The third-order valence-electron chi connectivity index (χ3n) is 3.29. The van der Waals surface area contributed by atoms with Gasteiger partial charge in [0.15, 0.2) is 0 Å². The summed E-state index contributed by atoms with van der Waals surface area (Å²) in [5, 5.41) is 10.6. The Labute approximate surface area is 134 Å². The molecule has 116 valence electrons. The van der Waals surface area contributed by atoms with Gasteiger partial charge in [-0.05, 0) is 0 Å². The standard InChI is InChI=1S/C15H26O3SSe/c1-5-7-9-19-14(20)11(8-6-2)13(16)12-10-17-15(3,4)18-12/h6,11-13,16H,2,5,7-10H2,1,3-4H3/t11?,12-,13?/m1/s1. The number of rotatable bonds is 9. The first-order valence-electron chi connectivity index (χ1n) is 7.18. The number of hydrogen-bond acceptors (Lipinski definition) is 4. The van der Waals surface area contributed by atoms with Crippen LogP contribution in [-0.2, 0) is 9.47 Å². The Morgan fingerprint density at radius 3 is 2.80 bits per heavy atom. The van der Waals surface area contributed by atoms with Gasteiger partial charge in [0.05, 0.1) is 0 Å². The van der Waals surface area contributed by atoms with Crippen LogP contribution >= 0.6 is 11.8 Å². The van der Waals surface area contributed by atoms with Crippen LogP contribution in [0.2, 0.25) is 0 Å². The maximum atomic E-state index is 10.6. The van der Waals surface area contributed by atoms with Crippen molar-refractivity contribution in [2.24, 2.45) is 5.92 Å². The zero-order valence-corrected chi connectivity index (χ0v) is 15.2. The van der Waals surface area contributed by atoms with E-state index in [1.54, 1.807) is 11.8 Å². The molecular formula is C15H26O3SSe. The first-order chi connectivity index (χ1) is 9.41. The average molecular weight is 365 g/mol. The first-order valence-corrected chi connectivity index (χ1v) is 9.03. The number of allylic oxidation sites excluding steroid dienone is 1. The van der Waals surface area contributed by atoms with Crippen LogP contribution < -0.4 is 0 Å². The van der Waals surface area contributed by atoms with E-state index in [1.807, 2.05) is 19.9 Å². The molecule has 0 radical (unpaired) electrons. The molecule has 1 fully saturated rings. The Bertz CT molecular complexity index is 333. The van der Waals surface area contributed by atoms with Crippen LogP contribution in [0.25, 0.3) is 0 Å². The van der Waals surface area contributed by atoms with Crippen molar-refractivity contribution in [3.05, 3.63) is 12.7 Å². The van der Waals surface area contributed by atoms with E-state index >= 15 is 0 Å². The Kier molecular flexibility index (Phi) is 8.02. The van der Waals surface area contributed by atoms with E-state index in [4.69, 9.17) is 9.47 Å². The molecule has 1 heterocycles. The molecule has 3 nitrogen and oxygen atoms in total. The molecule has 1 rings (SSSR count). The molecular weight excluding hydrogens is 339 g/mol. The molecule has 1 aliphatic rings. The van der Waals surface area contributed by atoms with E-state index in [-0.39, 0.29) is 12.0 Å². The molecule has 0 bridgehead atoms. The van der Waals surface area contributed by atoms with Gasteiger partial charge < -0.3 is 0 Å². The summed E-state index contributed by atoms with van der Waals surface area (Å²) in [6.45, 7) is 10.2. The van der Waals surface area contributed by atoms with Crippen LogP contribution in [0.5, 0.6) is 0 Å². The van der Waals surface area contributed by atoms with Crippen LogP contribution in [0.3, 0.4) is 0 Å². The summed E-state index contributed by atoms with van der Waals surface area (Å²) in [5.41, 5.74) is 0. The van der Waals surface area contributed by atoms with Crippen molar-refractivity contribution in [2.75, 3.05) is 12.4 Å². The van der Waals surface area contributed by atoms with Gasteiger partial charge in [-0.3, -0.25) is 0 Å². The molecule has 1 N–H and O–H groups in total. The van der Waals surface area contributed by atoms with Crippen molar-refractivity contribution in [3.63, 3.8) is 0 Å². The number of aliphatic hydroxyl groups excluding tert-OH is 1. The fraction of sp³-hybridized carbons (Fsp3) is 0.800. The summed E-state index contributed by atoms with van der Waals surface area (Å²) in [6.07, 6.45) is 4.12. The number of thioether (sulfide) groups is 1. The Morgan fingerprint density at radius 1 is 1.60 bits per heavy atom. The SMILES string of the molecule is C=CCC(C(=[Se])SCCCC)C(O)[C@H]1COC(C)(C)O1. The van der Waals surface area contributed by atoms with E-state index < -0.39 is 11.9 Å². The fourth-order valence-corrected chi connectivity index (χ4v) is 4.22. The molecule has 0 spiro atoms. The first kappa shape index (κ1) is 18.4. The van der Waals surface area contributed by atoms with Gasteiger partial charge in [-0.2, -0.15) is 0 Å². The second kappa shape index (κ2) is 8.72. The molecule has 20 heavy (non-hydrogen) atoms. The molecule has 0 aromatic rings. The van der Waals surface area contributed by atoms with Gasteiger partial charge in [0.25, 0.3) is 0 Å². The topological polar surface area (TPSA) is 38.7 Å². The van der Waals surface area contributed by atoms with Crippen molar-refractivity contribution >= 4 is 31.1 Å². The van der Waals surface area contributed by atoms with E-state index in [2.05, 4.69) is 29.1 Å². The van der Waals surface area contributed by atoms with Gasteiger partial charge >= 0.3 is 135 Å².